The van der Waals surface area contributed by atoms with Gasteiger partial charge < -0.3 is 20.9 Å². The highest BCUT2D eigenvalue weighted by molar-refractivity contribution is 5.94. The molecule has 0 aromatic rings. The molecule has 6 atom stereocenters. The normalized spacial score (nSPS) is 28.0. The van der Waals surface area contributed by atoms with Crippen LogP contribution in [-0.2, 0) is 23.9 Å². The Morgan fingerprint density at radius 2 is 1.86 bits per heavy atom. The predicted octanol–water partition coefficient (Wildman–Crippen LogP) is 0.587. The molecule has 0 unspecified atom stereocenters. The number of fused-ring (bicyclic) bond motifs is 1. The van der Waals surface area contributed by atoms with Gasteiger partial charge in [-0.05, 0) is 30.1 Å². The van der Waals surface area contributed by atoms with E-state index in [1.165, 1.54) is 5.32 Å². The van der Waals surface area contributed by atoms with Gasteiger partial charge >= 0.3 is 18.4 Å². The minimum absolute atomic E-state index is 0.0179. The number of amides is 4. The van der Waals surface area contributed by atoms with E-state index >= 15 is 0 Å². The van der Waals surface area contributed by atoms with Crippen LogP contribution in [0.5, 0.6) is 0 Å². The van der Waals surface area contributed by atoms with Crippen molar-refractivity contribution in [2.45, 2.75) is 57.4 Å². The monoisotopic (exact) mass is 541 g/mol. The molecule has 16 heteroatoms. The number of nitrogens with one attached hydrogen (secondary N) is 3. The van der Waals surface area contributed by atoms with Gasteiger partial charge in [-0.15, -0.1) is 13.2 Å². The number of ether oxygens (including phenoxy) is 1. The number of hydrogen-bond acceptors (Lipinski definition) is 6. The maximum Gasteiger partial charge on any atom is 0.522 e. The number of halogens is 6. The lowest BCUT2D eigenvalue weighted by Gasteiger charge is -2.33. The maximum absolute atomic E-state index is 13.2. The summed E-state index contributed by atoms with van der Waals surface area (Å²) in [5, 5.41) is 15.7. The average Bonchev–Trinajstić information content (AvgIpc) is 3.14. The molecule has 0 bridgehead atoms. The van der Waals surface area contributed by atoms with E-state index in [2.05, 4.69) is 15.4 Å². The first-order valence-electron chi connectivity index (χ1n) is 11.3. The molecule has 4 amide bonds. The fourth-order valence-electron chi connectivity index (χ4n) is 5.16. The van der Waals surface area contributed by atoms with Gasteiger partial charge in [0.15, 0.2) is 0 Å². The lowest BCUT2D eigenvalue weighted by Crippen LogP contribution is -2.59. The van der Waals surface area contributed by atoms with Crippen molar-refractivity contribution in [3.8, 4) is 6.07 Å². The van der Waals surface area contributed by atoms with Crippen molar-refractivity contribution >= 4 is 23.6 Å². The molecule has 3 fully saturated rings. The summed E-state index contributed by atoms with van der Waals surface area (Å²) in [5.74, 6) is -6.46. The first-order valence-corrected chi connectivity index (χ1v) is 11.3. The van der Waals surface area contributed by atoms with Gasteiger partial charge in [0.1, 0.15) is 18.1 Å². The molecule has 0 aromatic heterocycles. The average molecular weight is 541 g/mol. The van der Waals surface area contributed by atoms with Crippen molar-refractivity contribution < 1.29 is 50.3 Å². The zero-order valence-corrected chi connectivity index (χ0v) is 19.7. The first-order chi connectivity index (χ1) is 17.0. The van der Waals surface area contributed by atoms with Crippen molar-refractivity contribution in [2.24, 2.45) is 23.2 Å². The number of piperidine rings is 1. The van der Waals surface area contributed by atoms with E-state index in [0.29, 0.717) is 13.0 Å². The summed E-state index contributed by atoms with van der Waals surface area (Å²) in [4.78, 5) is 50.3. The van der Waals surface area contributed by atoms with Gasteiger partial charge in [-0.3, -0.25) is 23.9 Å². The highest BCUT2D eigenvalue weighted by Gasteiger charge is 2.69. The number of likely N-dealkylation sites (tertiary alicyclic amines) is 1. The fourth-order valence-corrected chi connectivity index (χ4v) is 5.16. The van der Waals surface area contributed by atoms with Gasteiger partial charge in [0.2, 0.25) is 17.7 Å². The smallest absolute Gasteiger partial charge is 0.356 e. The van der Waals surface area contributed by atoms with Crippen LogP contribution >= 0.6 is 0 Å². The number of carbonyl (C=O) groups excluding carboxylic acids is 4. The molecule has 1 saturated carbocycles. The number of rotatable bonds is 8. The van der Waals surface area contributed by atoms with Crippen molar-refractivity contribution in [1.29, 1.82) is 5.26 Å². The third-order valence-corrected chi connectivity index (χ3v) is 7.19. The van der Waals surface area contributed by atoms with Gasteiger partial charge in [0, 0.05) is 19.0 Å². The number of carbonyl (C=O) groups is 4. The Morgan fingerprint density at radius 3 is 2.38 bits per heavy atom. The Kier molecular flexibility index (Phi) is 7.69. The molecule has 0 aromatic carbocycles. The molecular weight excluding hydrogens is 516 g/mol. The van der Waals surface area contributed by atoms with Crippen LogP contribution in [0, 0.1) is 34.5 Å². The van der Waals surface area contributed by atoms with Gasteiger partial charge in [0.25, 0.3) is 0 Å². The molecule has 2 aliphatic heterocycles. The van der Waals surface area contributed by atoms with E-state index in [1.54, 1.807) is 13.8 Å². The first kappa shape index (κ1) is 28.5. The Hall–Kier alpha value is -3.09. The van der Waals surface area contributed by atoms with Crippen LogP contribution in [-0.4, -0.2) is 78.9 Å². The Bertz CT molecular complexity index is 994. The van der Waals surface area contributed by atoms with E-state index in [1.807, 2.05) is 6.07 Å². The second-order valence-electron chi connectivity index (χ2n) is 9.87. The fraction of sp³-hybridized carbons (Fsp3) is 0.762. The van der Waals surface area contributed by atoms with E-state index in [4.69, 9.17) is 0 Å². The number of nitriles is 1. The van der Waals surface area contributed by atoms with Gasteiger partial charge in [0.05, 0.1) is 12.7 Å². The van der Waals surface area contributed by atoms with Crippen molar-refractivity contribution in [3.05, 3.63) is 0 Å². The van der Waals surface area contributed by atoms with Crippen molar-refractivity contribution in [2.75, 3.05) is 19.7 Å². The minimum atomic E-state index is -5.49. The van der Waals surface area contributed by atoms with E-state index in [0.717, 1.165) is 4.90 Å². The number of nitrogens with zero attached hydrogens (tertiary/aromatic N) is 2. The van der Waals surface area contributed by atoms with Crippen LogP contribution < -0.4 is 16.0 Å². The summed E-state index contributed by atoms with van der Waals surface area (Å²) < 4.78 is 79.5. The molecule has 3 aliphatic rings. The number of alkyl halides is 6. The van der Waals surface area contributed by atoms with E-state index < -0.39 is 72.2 Å². The van der Waals surface area contributed by atoms with Crippen molar-refractivity contribution in [3.63, 3.8) is 0 Å². The SMILES string of the molecule is CC1(C)[C@@H]2[C@@H](C(=O)N[C@H](C#N)C[C@@H]3CCNC3=O)N(C(=O)[C@H](COC(F)(F)F)NC(=O)C(F)(F)F)C[C@@H]21. The minimum Gasteiger partial charge on any atom is -0.356 e. The lowest BCUT2D eigenvalue weighted by molar-refractivity contribution is -0.325. The highest BCUT2D eigenvalue weighted by Crippen LogP contribution is 2.64. The van der Waals surface area contributed by atoms with Gasteiger partial charge in [-0.1, -0.05) is 13.8 Å². The lowest BCUT2D eigenvalue weighted by atomic mass is 9.97. The Morgan fingerprint density at radius 1 is 1.22 bits per heavy atom. The zero-order valence-electron chi connectivity index (χ0n) is 19.7. The van der Waals surface area contributed by atoms with Crippen LogP contribution in [0.25, 0.3) is 0 Å². The molecule has 3 N–H and O–H groups in total. The second-order valence-corrected chi connectivity index (χ2v) is 9.87. The molecule has 37 heavy (non-hydrogen) atoms. The molecule has 206 valence electrons. The van der Waals surface area contributed by atoms with Crippen LogP contribution in [0.3, 0.4) is 0 Å². The Balaban J connectivity index is 1.79. The molecule has 0 radical (unpaired) electrons. The van der Waals surface area contributed by atoms with Crippen LogP contribution in [0.15, 0.2) is 0 Å². The summed E-state index contributed by atoms with van der Waals surface area (Å²) in [7, 11) is 0. The standard InChI is InChI=1S/C21H25F6N5O5/c1-19(2)11-7-32(17(35)12(8-37-21(25,26)27)31-18(36)20(22,23)24)14(13(11)19)16(34)30-10(6-28)5-9-3-4-29-15(9)33/h9-14H,3-5,7-8H2,1-2H3,(H,29,33)(H,30,34)(H,31,36)/t9-,10-,11-,12-,13-,14-/m0/s1. The van der Waals surface area contributed by atoms with Crippen molar-refractivity contribution in [1.82, 2.24) is 20.9 Å². The largest absolute Gasteiger partial charge is 0.522 e. The molecule has 2 saturated heterocycles. The highest BCUT2D eigenvalue weighted by atomic mass is 19.4. The third-order valence-electron chi connectivity index (χ3n) is 7.19. The van der Waals surface area contributed by atoms with Crippen LogP contribution in [0.4, 0.5) is 26.3 Å². The van der Waals surface area contributed by atoms with Gasteiger partial charge in [-0.2, -0.15) is 18.4 Å². The zero-order chi connectivity index (χ0) is 27.9. The maximum atomic E-state index is 13.2. The van der Waals surface area contributed by atoms with Crippen LogP contribution in [0.1, 0.15) is 26.7 Å². The summed E-state index contributed by atoms with van der Waals surface area (Å²) in [5.41, 5.74) is -0.473. The molecule has 3 rings (SSSR count). The summed E-state index contributed by atoms with van der Waals surface area (Å²) >= 11 is 0. The molecule has 0 spiro atoms. The number of hydrogen-bond donors (Lipinski definition) is 3. The quantitative estimate of drug-likeness (QED) is 0.385. The molecular formula is C21H25F6N5O5. The van der Waals surface area contributed by atoms with Crippen LogP contribution in [0.2, 0.25) is 0 Å². The summed E-state index contributed by atoms with van der Waals surface area (Å²) in [6.07, 6.45) is -10.4. The van der Waals surface area contributed by atoms with E-state index in [9.17, 15) is 50.8 Å². The van der Waals surface area contributed by atoms with E-state index in [-0.39, 0.29) is 24.8 Å². The summed E-state index contributed by atoms with van der Waals surface area (Å²) in [6, 6.07) is -2.98. The predicted molar refractivity (Wildman–Crippen MR) is 110 cm³/mol. The second kappa shape index (κ2) is 9.99. The third kappa shape index (κ3) is 6.25. The Labute approximate surface area is 207 Å². The van der Waals surface area contributed by atoms with Gasteiger partial charge in [-0.25, -0.2) is 0 Å². The topological polar surface area (TPSA) is 141 Å². The molecule has 10 nitrogen and oxygen atoms in total. The molecule has 2 heterocycles. The summed E-state index contributed by atoms with van der Waals surface area (Å²) in [6.45, 7) is 2.16. The molecule has 1 aliphatic carbocycles.